The molecule has 0 aliphatic carbocycles. The van der Waals surface area contributed by atoms with Gasteiger partial charge < -0.3 is 15.0 Å². The van der Waals surface area contributed by atoms with Crippen LogP contribution in [0.4, 0.5) is 5.69 Å². The molecule has 0 radical (unpaired) electrons. The van der Waals surface area contributed by atoms with E-state index in [0.29, 0.717) is 5.75 Å². The number of halogens is 2. The number of hydrogen-bond acceptors (Lipinski definition) is 5. The third kappa shape index (κ3) is 6.59. The van der Waals surface area contributed by atoms with Crippen molar-refractivity contribution in [3.8, 4) is 5.75 Å². The first-order chi connectivity index (χ1) is 18.0. The molecule has 0 saturated heterocycles. The summed E-state index contributed by atoms with van der Waals surface area (Å²) in [6, 6.07) is 16.9. The number of benzene rings is 3. The number of hydrogen-bond donors (Lipinski definition) is 1. The molecule has 0 aliphatic rings. The van der Waals surface area contributed by atoms with Crippen molar-refractivity contribution >= 4 is 50.7 Å². The first-order valence-corrected chi connectivity index (χ1v) is 13.9. The van der Waals surface area contributed by atoms with Gasteiger partial charge in [-0.25, -0.2) is 8.42 Å². The van der Waals surface area contributed by atoms with E-state index in [0.717, 1.165) is 15.4 Å². The number of likely N-dealkylation sites (N-methyl/N-ethyl adjacent to an activating group) is 1. The average Bonchev–Trinajstić information content (AvgIpc) is 2.91. The SMILES string of the molecule is CNC(=O)[C@@H](C)N(Cc1ccc(OC)cc1)C(=O)CN(c1cccc(Cl)c1Cl)S(=O)(=O)c1ccc(C)cc1. The second-order valence-electron chi connectivity index (χ2n) is 8.56. The Morgan fingerprint density at radius 2 is 1.63 bits per heavy atom. The van der Waals surface area contributed by atoms with Crippen LogP contribution < -0.4 is 14.4 Å². The van der Waals surface area contributed by atoms with Gasteiger partial charge in [0.05, 0.1) is 27.7 Å². The fraction of sp³-hybridized carbons (Fsp3) is 0.259. The molecule has 1 N–H and O–H groups in total. The highest BCUT2D eigenvalue weighted by atomic mass is 35.5. The number of sulfonamides is 1. The molecular formula is C27H29Cl2N3O5S. The Kier molecular flexibility index (Phi) is 9.65. The lowest BCUT2D eigenvalue weighted by Crippen LogP contribution is -2.50. The van der Waals surface area contributed by atoms with Crippen LogP contribution in [0.15, 0.2) is 71.6 Å². The van der Waals surface area contributed by atoms with Gasteiger partial charge in [0, 0.05) is 13.6 Å². The lowest BCUT2D eigenvalue weighted by molar-refractivity contribution is -0.139. The smallest absolute Gasteiger partial charge is 0.264 e. The maximum atomic E-state index is 13.8. The molecule has 0 fully saturated rings. The maximum absolute atomic E-state index is 13.8. The molecule has 0 spiro atoms. The van der Waals surface area contributed by atoms with Crippen molar-refractivity contribution in [3.05, 3.63) is 87.9 Å². The Morgan fingerprint density at radius 3 is 2.21 bits per heavy atom. The molecule has 0 bridgehead atoms. The van der Waals surface area contributed by atoms with Crippen molar-refractivity contribution in [2.45, 2.75) is 31.3 Å². The zero-order valence-electron chi connectivity index (χ0n) is 21.4. The molecule has 38 heavy (non-hydrogen) atoms. The van der Waals surface area contributed by atoms with E-state index in [1.807, 2.05) is 6.92 Å². The molecule has 0 saturated carbocycles. The van der Waals surface area contributed by atoms with Crippen molar-refractivity contribution in [3.63, 3.8) is 0 Å². The van der Waals surface area contributed by atoms with Gasteiger partial charge >= 0.3 is 0 Å². The molecule has 202 valence electrons. The van der Waals surface area contributed by atoms with Crippen LogP contribution >= 0.6 is 23.2 Å². The van der Waals surface area contributed by atoms with E-state index in [1.54, 1.807) is 56.5 Å². The van der Waals surface area contributed by atoms with Crippen LogP contribution in [0.1, 0.15) is 18.1 Å². The summed E-state index contributed by atoms with van der Waals surface area (Å²) in [5.41, 5.74) is 1.64. The summed E-state index contributed by atoms with van der Waals surface area (Å²) >= 11 is 12.6. The lowest BCUT2D eigenvalue weighted by Gasteiger charge is -2.32. The van der Waals surface area contributed by atoms with Crippen molar-refractivity contribution in [2.24, 2.45) is 0 Å². The Morgan fingerprint density at radius 1 is 1.00 bits per heavy atom. The number of carbonyl (C=O) groups excluding carboxylic acids is 2. The van der Waals surface area contributed by atoms with E-state index in [4.69, 9.17) is 27.9 Å². The van der Waals surface area contributed by atoms with Gasteiger partial charge in [-0.3, -0.25) is 13.9 Å². The molecule has 1 atom stereocenters. The number of methoxy groups -OCH3 is 1. The molecular weight excluding hydrogens is 549 g/mol. The summed E-state index contributed by atoms with van der Waals surface area (Å²) in [6.45, 7) is 2.85. The summed E-state index contributed by atoms with van der Waals surface area (Å²) in [7, 11) is -1.24. The Bertz CT molecular complexity index is 1400. The third-order valence-corrected chi connectivity index (χ3v) is 8.60. The lowest BCUT2D eigenvalue weighted by atomic mass is 10.1. The van der Waals surface area contributed by atoms with Crippen molar-refractivity contribution in [1.82, 2.24) is 10.2 Å². The Balaban J connectivity index is 2.06. The van der Waals surface area contributed by atoms with Crippen molar-refractivity contribution in [1.29, 1.82) is 0 Å². The minimum atomic E-state index is -4.25. The topological polar surface area (TPSA) is 96.0 Å². The van der Waals surface area contributed by atoms with E-state index in [-0.39, 0.29) is 27.2 Å². The highest BCUT2D eigenvalue weighted by Gasteiger charge is 2.33. The zero-order chi connectivity index (χ0) is 28.0. The molecule has 3 aromatic rings. The summed E-state index contributed by atoms with van der Waals surface area (Å²) in [6.07, 6.45) is 0. The van der Waals surface area contributed by atoms with Gasteiger partial charge in [0.25, 0.3) is 10.0 Å². The molecule has 0 heterocycles. The largest absolute Gasteiger partial charge is 0.497 e. The van der Waals surface area contributed by atoms with Crippen LogP contribution in [0, 0.1) is 6.92 Å². The fourth-order valence-corrected chi connectivity index (χ4v) is 5.63. The minimum absolute atomic E-state index is 0.0151. The van der Waals surface area contributed by atoms with Crippen LogP contribution in [-0.4, -0.2) is 51.9 Å². The number of carbonyl (C=O) groups is 2. The predicted octanol–water partition coefficient (Wildman–Crippen LogP) is 4.67. The number of nitrogens with one attached hydrogen (secondary N) is 1. The highest BCUT2D eigenvalue weighted by molar-refractivity contribution is 7.92. The number of aryl methyl sites for hydroxylation is 1. The van der Waals surface area contributed by atoms with Crippen LogP contribution in [0.25, 0.3) is 0 Å². The zero-order valence-corrected chi connectivity index (χ0v) is 23.8. The van der Waals surface area contributed by atoms with Crippen LogP contribution in [0.3, 0.4) is 0 Å². The molecule has 0 aromatic heterocycles. The average molecular weight is 579 g/mol. The van der Waals surface area contributed by atoms with Gasteiger partial charge in [-0.1, -0.05) is 59.1 Å². The third-order valence-electron chi connectivity index (χ3n) is 6.01. The normalized spacial score (nSPS) is 11.9. The van der Waals surface area contributed by atoms with E-state index >= 15 is 0 Å². The summed E-state index contributed by atoms with van der Waals surface area (Å²) < 4.78 is 33.7. The molecule has 3 rings (SSSR count). The van der Waals surface area contributed by atoms with Crippen LogP contribution in [-0.2, 0) is 26.2 Å². The van der Waals surface area contributed by atoms with E-state index in [1.165, 1.54) is 36.2 Å². The number of nitrogens with zero attached hydrogens (tertiary/aromatic N) is 2. The Hall–Kier alpha value is -3.27. The molecule has 2 amide bonds. The second-order valence-corrected chi connectivity index (χ2v) is 11.2. The van der Waals surface area contributed by atoms with Crippen molar-refractivity contribution in [2.75, 3.05) is 25.0 Å². The first-order valence-electron chi connectivity index (χ1n) is 11.7. The maximum Gasteiger partial charge on any atom is 0.264 e. The minimum Gasteiger partial charge on any atom is -0.497 e. The number of amides is 2. The van der Waals surface area contributed by atoms with Gasteiger partial charge in [-0.15, -0.1) is 0 Å². The van der Waals surface area contributed by atoms with Crippen LogP contribution in [0.5, 0.6) is 5.75 Å². The van der Waals surface area contributed by atoms with E-state index in [9.17, 15) is 18.0 Å². The quantitative estimate of drug-likeness (QED) is 0.378. The first kappa shape index (κ1) is 29.3. The Labute approximate surface area is 233 Å². The van der Waals surface area contributed by atoms with Crippen molar-refractivity contribution < 1.29 is 22.7 Å². The number of ether oxygens (including phenoxy) is 1. The predicted molar refractivity (Wildman–Crippen MR) is 149 cm³/mol. The molecule has 11 heteroatoms. The second kappa shape index (κ2) is 12.5. The molecule has 0 aliphatic heterocycles. The fourth-order valence-electron chi connectivity index (χ4n) is 3.75. The molecule has 3 aromatic carbocycles. The summed E-state index contributed by atoms with van der Waals surface area (Å²) in [5.74, 6) is -0.374. The molecule has 0 unspecified atom stereocenters. The number of rotatable bonds is 10. The van der Waals surface area contributed by atoms with E-state index < -0.39 is 34.4 Å². The monoisotopic (exact) mass is 577 g/mol. The molecule has 8 nitrogen and oxygen atoms in total. The summed E-state index contributed by atoms with van der Waals surface area (Å²) in [4.78, 5) is 27.6. The van der Waals surface area contributed by atoms with Gasteiger partial charge in [-0.2, -0.15) is 0 Å². The van der Waals surface area contributed by atoms with Gasteiger partial charge in [-0.05, 0) is 55.8 Å². The van der Waals surface area contributed by atoms with Gasteiger partial charge in [0.15, 0.2) is 0 Å². The summed E-state index contributed by atoms with van der Waals surface area (Å²) in [5, 5.41) is 2.66. The van der Waals surface area contributed by atoms with E-state index in [2.05, 4.69) is 5.32 Å². The highest BCUT2D eigenvalue weighted by Crippen LogP contribution is 2.35. The number of anilines is 1. The van der Waals surface area contributed by atoms with Gasteiger partial charge in [0.1, 0.15) is 18.3 Å². The van der Waals surface area contributed by atoms with Gasteiger partial charge in [0.2, 0.25) is 11.8 Å². The van der Waals surface area contributed by atoms with Crippen LogP contribution in [0.2, 0.25) is 10.0 Å². The standard InChI is InChI=1S/C27H29Cl2N3O5S/c1-18-8-14-22(15-9-18)38(35,36)32(24-7-5-6-23(28)26(24)29)17-25(33)31(19(2)27(34)30-3)16-20-10-12-21(37-4)13-11-20/h5-15,19H,16-17H2,1-4H3,(H,30,34)/t19-/m1/s1.